The summed E-state index contributed by atoms with van der Waals surface area (Å²) in [5.41, 5.74) is 0.683. The zero-order valence-corrected chi connectivity index (χ0v) is 19.3. The highest BCUT2D eigenvalue weighted by atomic mass is 79.9. The zero-order chi connectivity index (χ0) is 21.6. The Hall–Kier alpha value is -2.10. The van der Waals surface area contributed by atoms with Gasteiger partial charge in [0.15, 0.2) is 0 Å². The molecule has 1 saturated heterocycles. The number of hydrogen-bond acceptors (Lipinski definition) is 5. The molecular formula is C21H26BrN3O4S. The fourth-order valence-electron chi connectivity index (χ4n) is 3.37. The van der Waals surface area contributed by atoms with E-state index in [1.807, 2.05) is 0 Å². The van der Waals surface area contributed by atoms with Crippen molar-refractivity contribution in [3.05, 3.63) is 52.5 Å². The number of carbonyl (C=O) groups excluding carboxylic acids is 1. The van der Waals surface area contributed by atoms with E-state index in [0.717, 1.165) is 24.1 Å². The molecule has 1 aliphatic heterocycles. The number of amides is 1. The predicted octanol–water partition coefficient (Wildman–Crippen LogP) is 3.47. The lowest BCUT2D eigenvalue weighted by molar-refractivity contribution is 0.0946. The number of nitrogens with zero attached hydrogens (tertiary/aromatic N) is 1. The maximum atomic E-state index is 12.9. The number of methoxy groups -OCH3 is 1. The van der Waals surface area contributed by atoms with E-state index in [2.05, 4.69) is 30.9 Å². The van der Waals surface area contributed by atoms with E-state index >= 15 is 0 Å². The minimum absolute atomic E-state index is 0.0865. The van der Waals surface area contributed by atoms with Crippen LogP contribution >= 0.6 is 15.9 Å². The Bertz CT molecular complexity index is 974. The first-order valence-corrected chi connectivity index (χ1v) is 12.1. The molecule has 0 spiro atoms. The maximum absolute atomic E-state index is 12.9. The minimum atomic E-state index is -3.94. The first-order valence-electron chi connectivity index (χ1n) is 9.86. The van der Waals surface area contributed by atoms with Crippen molar-refractivity contribution >= 4 is 37.5 Å². The zero-order valence-electron chi connectivity index (χ0n) is 16.9. The van der Waals surface area contributed by atoms with Gasteiger partial charge in [0, 0.05) is 28.8 Å². The molecule has 0 atom stereocenters. The summed E-state index contributed by atoms with van der Waals surface area (Å²) in [7, 11) is -2.55. The summed E-state index contributed by atoms with van der Waals surface area (Å²) in [5, 5.41) is 2.88. The van der Waals surface area contributed by atoms with Crippen LogP contribution in [0, 0.1) is 0 Å². The number of likely N-dealkylation sites (tertiary alicyclic amines) is 1. The van der Waals surface area contributed by atoms with Crippen LogP contribution in [-0.4, -0.2) is 52.5 Å². The molecule has 1 aliphatic rings. The van der Waals surface area contributed by atoms with Crippen LogP contribution in [0.1, 0.15) is 29.6 Å². The molecule has 9 heteroatoms. The highest BCUT2D eigenvalue weighted by Crippen LogP contribution is 2.27. The van der Waals surface area contributed by atoms with Crippen LogP contribution in [0.15, 0.2) is 51.8 Å². The molecule has 0 aromatic heterocycles. The largest absolute Gasteiger partial charge is 0.495 e. The van der Waals surface area contributed by atoms with Crippen LogP contribution in [0.2, 0.25) is 0 Å². The van der Waals surface area contributed by atoms with Gasteiger partial charge in [0.2, 0.25) is 0 Å². The Labute approximate surface area is 186 Å². The second-order valence-corrected chi connectivity index (χ2v) is 9.70. The van der Waals surface area contributed by atoms with E-state index in [1.165, 1.54) is 38.5 Å². The van der Waals surface area contributed by atoms with Gasteiger partial charge in [-0.1, -0.05) is 22.4 Å². The summed E-state index contributed by atoms with van der Waals surface area (Å²) in [4.78, 5) is 14.8. The van der Waals surface area contributed by atoms with E-state index in [1.54, 1.807) is 30.3 Å². The first kappa shape index (κ1) is 22.6. The molecule has 0 saturated carbocycles. The quantitative estimate of drug-likeness (QED) is 0.585. The molecule has 0 aliphatic carbocycles. The molecule has 0 unspecified atom stereocenters. The van der Waals surface area contributed by atoms with Gasteiger partial charge in [-0.3, -0.25) is 9.52 Å². The third-order valence-corrected chi connectivity index (χ3v) is 6.91. The summed E-state index contributed by atoms with van der Waals surface area (Å²) < 4.78 is 34.4. The van der Waals surface area contributed by atoms with E-state index < -0.39 is 10.0 Å². The predicted molar refractivity (Wildman–Crippen MR) is 121 cm³/mol. The minimum Gasteiger partial charge on any atom is -0.495 e. The van der Waals surface area contributed by atoms with E-state index in [9.17, 15) is 13.2 Å². The van der Waals surface area contributed by atoms with Gasteiger partial charge in [-0.25, -0.2) is 8.42 Å². The molecule has 7 nitrogen and oxygen atoms in total. The Kier molecular flexibility index (Phi) is 7.74. The Morgan fingerprint density at radius 3 is 2.47 bits per heavy atom. The smallest absolute Gasteiger partial charge is 0.265 e. The highest BCUT2D eigenvalue weighted by molar-refractivity contribution is 9.10. The molecule has 0 radical (unpaired) electrons. The number of nitrogens with one attached hydrogen (secondary N) is 2. The van der Waals surface area contributed by atoms with Gasteiger partial charge in [-0.05, 0) is 68.4 Å². The summed E-state index contributed by atoms with van der Waals surface area (Å²) in [5.74, 6) is -0.140. The summed E-state index contributed by atoms with van der Waals surface area (Å²) in [6, 6.07) is 11.2. The first-order chi connectivity index (χ1) is 14.4. The standard InChI is InChI=1S/C21H26BrN3O4S/c1-29-19-10-5-16(21(26)23-11-14-25-12-3-2-4-13-25)15-20(19)30(27,28)24-18-8-6-17(22)7-9-18/h5-10,15,24H,2-4,11-14H2,1H3,(H,23,26). The molecule has 162 valence electrons. The average molecular weight is 496 g/mol. The third-order valence-electron chi connectivity index (χ3n) is 4.97. The summed E-state index contributed by atoms with van der Waals surface area (Å²) >= 11 is 3.32. The van der Waals surface area contributed by atoms with Crippen LogP contribution < -0.4 is 14.8 Å². The number of rotatable bonds is 8. The van der Waals surface area contributed by atoms with Crippen LogP contribution in [0.25, 0.3) is 0 Å². The number of carbonyl (C=O) groups is 1. The van der Waals surface area contributed by atoms with E-state index in [0.29, 0.717) is 12.2 Å². The van der Waals surface area contributed by atoms with Crippen molar-refractivity contribution in [3.8, 4) is 5.75 Å². The lowest BCUT2D eigenvalue weighted by Gasteiger charge is -2.26. The van der Waals surface area contributed by atoms with Gasteiger partial charge in [0.05, 0.1) is 7.11 Å². The second kappa shape index (κ2) is 10.3. The highest BCUT2D eigenvalue weighted by Gasteiger charge is 2.22. The van der Waals surface area contributed by atoms with Crippen LogP contribution in [0.5, 0.6) is 5.75 Å². The number of benzene rings is 2. The van der Waals surface area contributed by atoms with Gasteiger partial charge in [0.1, 0.15) is 10.6 Å². The lowest BCUT2D eigenvalue weighted by atomic mass is 10.1. The maximum Gasteiger partial charge on any atom is 0.265 e. The molecule has 1 fully saturated rings. The second-order valence-electron chi connectivity index (χ2n) is 7.14. The molecule has 2 aromatic rings. The monoisotopic (exact) mass is 495 g/mol. The van der Waals surface area contributed by atoms with Gasteiger partial charge in [-0.15, -0.1) is 0 Å². The lowest BCUT2D eigenvalue weighted by Crippen LogP contribution is -2.37. The molecule has 1 heterocycles. The number of piperidine rings is 1. The number of halogens is 1. The van der Waals surface area contributed by atoms with Crippen molar-refractivity contribution in [2.24, 2.45) is 0 Å². The van der Waals surface area contributed by atoms with Gasteiger partial charge >= 0.3 is 0 Å². The third kappa shape index (κ3) is 5.96. The topological polar surface area (TPSA) is 87.7 Å². The number of ether oxygens (including phenoxy) is 1. The van der Waals surface area contributed by atoms with Gasteiger partial charge in [-0.2, -0.15) is 0 Å². The average Bonchev–Trinajstić information content (AvgIpc) is 2.75. The molecular weight excluding hydrogens is 470 g/mol. The van der Waals surface area contributed by atoms with Crippen molar-refractivity contribution in [2.45, 2.75) is 24.2 Å². The Morgan fingerprint density at radius 2 is 1.80 bits per heavy atom. The van der Waals surface area contributed by atoms with Crippen LogP contribution in [0.3, 0.4) is 0 Å². The summed E-state index contributed by atoms with van der Waals surface area (Å²) in [6.45, 7) is 3.42. The van der Waals surface area contributed by atoms with Crippen molar-refractivity contribution < 1.29 is 17.9 Å². The number of sulfonamides is 1. The molecule has 1 amide bonds. The van der Waals surface area contributed by atoms with Crippen LogP contribution in [-0.2, 0) is 10.0 Å². The molecule has 2 aromatic carbocycles. The Balaban J connectivity index is 1.71. The number of hydrogen-bond donors (Lipinski definition) is 2. The molecule has 3 rings (SSSR count). The molecule has 0 bridgehead atoms. The van der Waals surface area contributed by atoms with Crippen molar-refractivity contribution in [1.29, 1.82) is 0 Å². The fraction of sp³-hybridized carbons (Fsp3) is 0.381. The number of anilines is 1. The normalized spacial score (nSPS) is 14.9. The van der Waals surface area contributed by atoms with Crippen LogP contribution in [0.4, 0.5) is 5.69 Å². The van der Waals surface area contributed by atoms with Crippen molar-refractivity contribution in [2.75, 3.05) is 38.0 Å². The summed E-state index contributed by atoms with van der Waals surface area (Å²) in [6.07, 6.45) is 3.65. The van der Waals surface area contributed by atoms with E-state index in [4.69, 9.17) is 4.74 Å². The molecule has 30 heavy (non-hydrogen) atoms. The van der Waals surface area contributed by atoms with E-state index in [-0.39, 0.29) is 22.1 Å². The van der Waals surface area contributed by atoms with Gasteiger partial charge in [0.25, 0.3) is 15.9 Å². The van der Waals surface area contributed by atoms with Crippen molar-refractivity contribution in [3.63, 3.8) is 0 Å². The fourth-order valence-corrected chi connectivity index (χ4v) is 4.89. The Morgan fingerprint density at radius 1 is 1.10 bits per heavy atom. The molecule has 2 N–H and O–H groups in total. The SMILES string of the molecule is COc1ccc(C(=O)NCCN2CCCCC2)cc1S(=O)(=O)Nc1ccc(Br)cc1. The van der Waals surface area contributed by atoms with Crippen molar-refractivity contribution in [1.82, 2.24) is 10.2 Å². The van der Waals surface area contributed by atoms with Gasteiger partial charge < -0.3 is 15.0 Å².